The van der Waals surface area contributed by atoms with Crippen molar-refractivity contribution in [2.75, 3.05) is 18.4 Å². The average molecular weight is 268 g/mol. The van der Waals surface area contributed by atoms with Crippen molar-refractivity contribution in [1.29, 1.82) is 0 Å². The van der Waals surface area contributed by atoms with E-state index in [0.717, 1.165) is 12.1 Å². The van der Waals surface area contributed by atoms with Gasteiger partial charge >= 0.3 is 6.03 Å². The van der Waals surface area contributed by atoms with Gasteiger partial charge in [-0.3, -0.25) is 0 Å². The van der Waals surface area contributed by atoms with E-state index in [4.69, 9.17) is 11.6 Å². The van der Waals surface area contributed by atoms with Gasteiger partial charge in [-0.2, -0.15) is 0 Å². The molecule has 1 aromatic carbocycles. The van der Waals surface area contributed by atoms with Crippen molar-refractivity contribution in [2.24, 2.45) is 0 Å². The van der Waals surface area contributed by atoms with Crippen LogP contribution in [0, 0.1) is 6.92 Å². The number of hydrogen-bond donors (Lipinski definition) is 3. The summed E-state index contributed by atoms with van der Waals surface area (Å²) >= 11 is 5.98. The Balaban J connectivity index is 1.70. The van der Waals surface area contributed by atoms with E-state index >= 15 is 0 Å². The molecule has 1 aromatic rings. The Morgan fingerprint density at radius 3 is 2.83 bits per heavy atom. The maximum absolute atomic E-state index is 11.6. The van der Waals surface area contributed by atoms with E-state index < -0.39 is 0 Å². The number of rotatable bonds is 5. The lowest BCUT2D eigenvalue weighted by Gasteiger charge is -2.09. The lowest BCUT2D eigenvalue weighted by molar-refractivity contribution is 0.252. The summed E-state index contributed by atoms with van der Waals surface area (Å²) in [5.41, 5.74) is 1.70. The van der Waals surface area contributed by atoms with Crippen LogP contribution in [0.25, 0.3) is 0 Å². The molecule has 1 aliphatic carbocycles. The van der Waals surface area contributed by atoms with Gasteiger partial charge < -0.3 is 16.0 Å². The number of nitrogens with one attached hydrogen (secondary N) is 3. The fourth-order valence-corrected chi connectivity index (χ4v) is 1.77. The number of hydrogen-bond acceptors (Lipinski definition) is 2. The van der Waals surface area contributed by atoms with E-state index in [9.17, 15) is 4.79 Å². The predicted octanol–water partition coefficient (Wildman–Crippen LogP) is 2.52. The van der Waals surface area contributed by atoms with Gasteiger partial charge in [-0.1, -0.05) is 17.7 Å². The fraction of sp³-hybridized carbons (Fsp3) is 0.462. The summed E-state index contributed by atoms with van der Waals surface area (Å²) in [6.07, 6.45) is 2.52. The summed E-state index contributed by atoms with van der Waals surface area (Å²) in [5, 5.41) is 9.53. The van der Waals surface area contributed by atoms with Gasteiger partial charge in [0.25, 0.3) is 0 Å². The third-order valence-corrected chi connectivity index (χ3v) is 3.26. The van der Waals surface area contributed by atoms with Gasteiger partial charge in [0.2, 0.25) is 0 Å². The molecule has 2 rings (SSSR count). The van der Waals surface area contributed by atoms with Crippen LogP contribution in [-0.2, 0) is 0 Å². The van der Waals surface area contributed by atoms with E-state index in [1.807, 2.05) is 19.1 Å². The predicted molar refractivity (Wildman–Crippen MR) is 74.2 cm³/mol. The van der Waals surface area contributed by atoms with Crippen molar-refractivity contribution in [2.45, 2.75) is 25.8 Å². The molecule has 1 fully saturated rings. The molecule has 0 aliphatic heterocycles. The Bertz CT molecular complexity index is 432. The minimum Gasteiger partial charge on any atom is -0.337 e. The molecular weight excluding hydrogens is 250 g/mol. The summed E-state index contributed by atoms with van der Waals surface area (Å²) in [6, 6.07) is 5.94. The van der Waals surface area contributed by atoms with Crippen molar-refractivity contribution in [3.8, 4) is 0 Å². The van der Waals surface area contributed by atoms with Gasteiger partial charge in [-0.05, 0) is 37.5 Å². The Kier molecular flexibility index (Phi) is 4.44. The largest absolute Gasteiger partial charge is 0.337 e. The Labute approximate surface area is 112 Å². The van der Waals surface area contributed by atoms with Crippen LogP contribution in [0.15, 0.2) is 18.2 Å². The van der Waals surface area contributed by atoms with Crippen molar-refractivity contribution in [1.82, 2.24) is 10.6 Å². The van der Waals surface area contributed by atoms with Gasteiger partial charge in [0.1, 0.15) is 0 Å². The van der Waals surface area contributed by atoms with E-state index in [1.54, 1.807) is 6.07 Å². The van der Waals surface area contributed by atoms with Crippen LogP contribution in [0.4, 0.5) is 10.5 Å². The molecule has 0 heterocycles. The van der Waals surface area contributed by atoms with Crippen LogP contribution >= 0.6 is 11.6 Å². The quantitative estimate of drug-likeness (QED) is 0.718. The van der Waals surface area contributed by atoms with Crippen LogP contribution in [0.3, 0.4) is 0 Å². The van der Waals surface area contributed by atoms with Crippen LogP contribution in [0.1, 0.15) is 18.4 Å². The van der Waals surface area contributed by atoms with Gasteiger partial charge in [0, 0.05) is 29.8 Å². The highest BCUT2D eigenvalue weighted by atomic mass is 35.5. The minimum atomic E-state index is -0.201. The van der Waals surface area contributed by atoms with Crippen LogP contribution in [0.2, 0.25) is 5.02 Å². The third kappa shape index (κ3) is 4.20. The first-order chi connectivity index (χ1) is 8.65. The molecule has 5 heteroatoms. The maximum Gasteiger partial charge on any atom is 0.319 e. The SMILES string of the molecule is Cc1ccc(NC(=O)NCCNC2CC2)cc1Cl. The molecule has 1 aliphatic rings. The standard InChI is InChI=1S/C13H18ClN3O/c1-9-2-3-11(8-12(9)14)17-13(18)16-7-6-15-10-4-5-10/h2-3,8,10,15H,4-7H2,1H3,(H2,16,17,18). The van der Waals surface area contributed by atoms with Crippen LogP contribution in [0.5, 0.6) is 0 Å². The van der Waals surface area contributed by atoms with E-state index in [0.29, 0.717) is 23.3 Å². The summed E-state index contributed by atoms with van der Waals surface area (Å²) in [5.74, 6) is 0. The minimum absolute atomic E-state index is 0.201. The van der Waals surface area contributed by atoms with Crippen molar-refractivity contribution in [3.05, 3.63) is 28.8 Å². The zero-order valence-corrected chi connectivity index (χ0v) is 11.2. The second kappa shape index (κ2) is 6.07. The smallest absolute Gasteiger partial charge is 0.319 e. The first kappa shape index (κ1) is 13.2. The van der Waals surface area contributed by atoms with E-state index in [-0.39, 0.29) is 6.03 Å². The summed E-state index contributed by atoms with van der Waals surface area (Å²) in [4.78, 5) is 11.6. The molecule has 3 N–H and O–H groups in total. The lowest BCUT2D eigenvalue weighted by Crippen LogP contribution is -2.35. The van der Waals surface area contributed by atoms with Crippen molar-refractivity contribution in [3.63, 3.8) is 0 Å². The molecule has 18 heavy (non-hydrogen) atoms. The lowest BCUT2D eigenvalue weighted by atomic mass is 10.2. The molecule has 2 amide bonds. The molecule has 0 bridgehead atoms. The normalized spacial score (nSPS) is 14.3. The first-order valence-electron chi connectivity index (χ1n) is 6.19. The zero-order valence-electron chi connectivity index (χ0n) is 10.4. The number of urea groups is 1. The van der Waals surface area contributed by atoms with Gasteiger partial charge in [-0.25, -0.2) is 4.79 Å². The van der Waals surface area contributed by atoms with Crippen LogP contribution < -0.4 is 16.0 Å². The Morgan fingerprint density at radius 1 is 1.39 bits per heavy atom. The zero-order chi connectivity index (χ0) is 13.0. The Morgan fingerprint density at radius 2 is 2.17 bits per heavy atom. The molecule has 1 saturated carbocycles. The van der Waals surface area contributed by atoms with Gasteiger partial charge in [0.15, 0.2) is 0 Å². The monoisotopic (exact) mass is 267 g/mol. The molecule has 0 spiro atoms. The second-order valence-corrected chi connectivity index (χ2v) is 4.98. The number of halogens is 1. The second-order valence-electron chi connectivity index (χ2n) is 4.57. The van der Waals surface area contributed by atoms with Gasteiger partial charge in [0.05, 0.1) is 0 Å². The molecule has 0 unspecified atom stereocenters. The molecule has 0 atom stereocenters. The summed E-state index contributed by atoms with van der Waals surface area (Å²) < 4.78 is 0. The third-order valence-electron chi connectivity index (χ3n) is 2.85. The van der Waals surface area contributed by atoms with Crippen molar-refractivity contribution >= 4 is 23.3 Å². The number of benzene rings is 1. The first-order valence-corrected chi connectivity index (χ1v) is 6.57. The highest BCUT2D eigenvalue weighted by molar-refractivity contribution is 6.31. The molecule has 0 aromatic heterocycles. The molecular formula is C13H18ClN3O. The fourth-order valence-electron chi connectivity index (χ4n) is 1.59. The number of amides is 2. The topological polar surface area (TPSA) is 53.2 Å². The van der Waals surface area contributed by atoms with E-state index in [2.05, 4.69) is 16.0 Å². The number of carbonyl (C=O) groups excluding carboxylic acids is 1. The molecule has 98 valence electrons. The van der Waals surface area contributed by atoms with E-state index in [1.165, 1.54) is 12.8 Å². The van der Waals surface area contributed by atoms with Gasteiger partial charge in [-0.15, -0.1) is 0 Å². The summed E-state index contributed by atoms with van der Waals surface area (Å²) in [6.45, 7) is 3.37. The van der Waals surface area contributed by atoms with Crippen molar-refractivity contribution < 1.29 is 4.79 Å². The number of carbonyl (C=O) groups is 1. The van der Waals surface area contributed by atoms with Crippen LogP contribution in [-0.4, -0.2) is 25.2 Å². The summed E-state index contributed by atoms with van der Waals surface area (Å²) in [7, 11) is 0. The highest BCUT2D eigenvalue weighted by Gasteiger charge is 2.19. The molecule has 0 radical (unpaired) electrons. The number of anilines is 1. The number of aryl methyl sites for hydroxylation is 1. The molecule has 4 nitrogen and oxygen atoms in total. The average Bonchev–Trinajstić information content (AvgIpc) is 3.14. The molecule has 0 saturated heterocycles. The Hall–Kier alpha value is -1.26. The highest BCUT2D eigenvalue weighted by Crippen LogP contribution is 2.19. The maximum atomic E-state index is 11.6.